The molecule has 0 radical (unpaired) electrons. The van der Waals surface area contributed by atoms with Crippen LogP contribution in [0.2, 0.25) is 0 Å². The Labute approximate surface area is 112 Å². The highest BCUT2D eigenvalue weighted by Crippen LogP contribution is 2.31. The van der Waals surface area contributed by atoms with Crippen molar-refractivity contribution in [2.24, 2.45) is 5.41 Å². The summed E-state index contributed by atoms with van der Waals surface area (Å²) in [5.41, 5.74) is -0.819. The van der Waals surface area contributed by atoms with Crippen LogP contribution in [0.15, 0.2) is 0 Å². The van der Waals surface area contributed by atoms with E-state index in [1.54, 1.807) is 25.7 Å². The molecule has 1 rings (SSSR count). The Morgan fingerprint density at radius 2 is 2.05 bits per heavy atom. The number of amides is 3. The standard InChI is InChI=1S/C12H21N3O4/c1-4-13-11(19)14-9(16)8(2)15-6-5-12(3,7-15)10(17)18/h8H,4-7H2,1-3H3,(H,17,18)(H2,13,14,16,19). The number of nitrogens with one attached hydrogen (secondary N) is 2. The van der Waals surface area contributed by atoms with Gasteiger partial charge in [0.25, 0.3) is 0 Å². The van der Waals surface area contributed by atoms with Gasteiger partial charge in [0.2, 0.25) is 5.91 Å². The minimum Gasteiger partial charge on any atom is -0.481 e. The van der Waals surface area contributed by atoms with Crippen molar-refractivity contribution in [1.29, 1.82) is 0 Å². The second-order valence-electron chi connectivity index (χ2n) is 5.11. The van der Waals surface area contributed by atoms with Gasteiger partial charge in [-0.25, -0.2) is 4.79 Å². The molecule has 19 heavy (non-hydrogen) atoms. The number of carbonyl (C=O) groups excluding carboxylic acids is 2. The zero-order valence-electron chi connectivity index (χ0n) is 11.5. The van der Waals surface area contributed by atoms with Crippen molar-refractivity contribution < 1.29 is 19.5 Å². The average molecular weight is 271 g/mol. The Hall–Kier alpha value is -1.63. The van der Waals surface area contributed by atoms with Gasteiger partial charge >= 0.3 is 12.0 Å². The third kappa shape index (κ3) is 3.66. The molecule has 3 amide bonds. The van der Waals surface area contributed by atoms with E-state index in [1.807, 2.05) is 0 Å². The molecule has 2 unspecified atom stereocenters. The van der Waals surface area contributed by atoms with Crippen LogP contribution in [0.5, 0.6) is 0 Å². The summed E-state index contributed by atoms with van der Waals surface area (Å²) in [6, 6.07) is -1.05. The van der Waals surface area contributed by atoms with E-state index in [2.05, 4.69) is 10.6 Å². The summed E-state index contributed by atoms with van der Waals surface area (Å²) in [5.74, 6) is -1.27. The summed E-state index contributed by atoms with van der Waals surface area (Å²) in [5, 5.41) is 13.8. The number of hydrogen-bond acceptors (Lipinski definition) is 4. The SMILES string of the molecule is CCNC(=O)NC(=O)C(C)N1CCC(C)(C(=O)O)C1. The van der Waals surface area contributed by atoms with Gasteiger partial charge in [0, 0.05) is 19.6 Å². The maximum atomic E-state index is 11.8. The van der Waals surface area contributed by atoms with Crippen molar-refractivity contribution in [3.05, 3.63) is 0 Å². The van der Waals surface area contributed by atoms with Crippen molar-refractivity contribution >= 4 is 17.9 Å². The van der Waals surface area contributed by atoms with Crippen LogP contribution in [-0.4, -0.2) is 53.6 Å². The molecule has 0 aromatic heterocycles. The quantitative estimate of drug-likeness (QED) is 0.669. The molecule has 0 aromatic rings. The molecule has 0 saturated carbocycles. The zero-order valence-corrected chi connectivity index (χ0v) is 11.5. The van der Waals surface area contributed by atoms with E-state index in [1.165, 1.54) is 0 Å². The van der Waals surface area contributed by atoms with E-state index < -0.39 is 29.4 Å². The monoisotopic (exact) mass is 271 g/mol. The van der Waals surface area contributed by atoms with E-state index in [0.29, 0.717) is 26.1 Å². The minimum absolute atomic E-state index is 0.312. The Morgan fingerprint density at radius 1 is 1.42 bits per heavy atom. The second-order valence-corrected chi connectivity index (χ2v) is 5.11. The van der Waals surface area contributed by atoms with Crippen LogP contribution in [-0.2, 0) is 9.59 Å². The number of hydrogen-bond donors (Lipinski definition) is 3. The first-order valence-corrected chi connectivity index (χ1v) is 6.36. The van der Waals surface area contributed by atoms with E-state index in [4.69, 9.17) is 5.11 Å². The fourth-order valence-corrected chi connectivity index (χ4v) is 2.09. The lowest BCUT2D eigenvalue weighted by molar-refractivity contribution is -0.147. The summed E-state index contributed by atoms with van der Waals surface area (Å²) in [6.45, 7) is 6.38. The Morgan fingerprint density at radius 3 is 2.53 bits per heavy atom. The maximum Gasteiger partial charge on any atom is 0.321 e. The molecule has 0 aromatic carbocycles. The molecular formula is C12H21N3O4. The number of nitrogens with zero attached hydrogens (tertiary/aromatic N) is 1. The lowest BCUT2D eigenvalue weighted by Gasteiger charge is -2.24. The number of likely N-dealkylation sites (tertiary alicyclic amines) is 1. The largest absolute Gasteiger partial charge is 0.481 e. The fraction of sp³-hybridized carbons (Fsp3) is 0.750. The van der Waals surface area contributed by atoms with Gasteiger partial charge in [0.05, 0.1) is 11.5 Å². The van der Waals surface area contributed by atoms with Crippen molar-refractivity contribution in [2.75, 3.05) is 19.6 Å². The van der Waals surface area contributed by atoms with Gasteiger partial charge in [0.1, 0.15) is 0 Å². The Balaban J connectivity index is 2.55. The molecule has 7 nitrogen and oxygen atoms in total. The Bertz CT molecular complexity index is 385. The molecule has 3 N–H and O–H groups in total. The molecule has 0 spiro atoms. The molecule has 0 aliphatic carbocycles. The lowest BCUT2D eigenvalue weighted by atomic mass is 9.90. The van der Waals surface area contributed by atoms with Gasteiger partial charge in [-0.05, 0) is 27.2 Å². The van der Waals surface area contributed by atoms with E-state index >= 15 is 0 Å². The van der Waals surface area contributed by atoms with Crippen LogP contribution in [0.3, 0.4) is 0 Å². The predicted octanol–water partition coefficient (Wildman–Crippen LogP) is 0.0172. The summed E-state index contributed by atoms with van der Waals surface area (Å²) in [6.07, 6.45) is 0.501. The number of aliphatic carboxylic acids is 1. The molecule has 7 heteroatoms. The van der Waals surface area contributed by atoms with Gasteiger partial charge in [0.15, 0.2) is 0 Å². The summed E-state index contributed by atoms with van der Waals surface area (Å²) >= 11 is 0. The van der Waals surface area contributed by atoms with Gasteiger partial charge in [-0.2, -0.15) is 0 Å². The molecule has 1 fully saturated rings. The number of imide groups is 1. The maximum absolute atomic E-state index is 11.8. The van der Waals surface area contributed by atoms with Gasteiger partial charge in [-0.15, -0.1) is 0 Å². The molecule has 108 valence electrons. The van der Waals surface area contributed by atoms with Gasteiger partial charge in [-0.3, -0.25) is 19.8 Å². The van der Waals surface area contributed by atoms with Crippen LogP contribution in [0.1, 0.15) is 27.2 Å². The summed E-state index contributed by atoms with van der Waals surface area (Å²) in [4.78, 5) is 36.0. The second kappa shape index (κ2) is 6.01. The third-order valence-electron chi connectivity index (χ3n) is 3.52. The van der Waals surface area contributed by atoms with Crippen LogP contribution in [0.25, 0.3) is 0 Å². The van der Waals surface area contributed by atoms with E-state index in [0.717, 1.165) is 0 Å². The zero-order chi connectivity index (χ0) is 14.6. The molecule has 1 saturated heterocycles. The summed E-state index contributed by atoms with van der Waals surface area (Å²) < 4.78 is 0. The van der Waals surface area contributed by atoms with E-state index in [-0.39, 0.29) is 0 Å². The molecule has 2 atom stereocenters. The van der Waals surface area contributed by atoms with Crippen LogP contribution in [0.4, 0.5) is 4.79 Å². The van der Waals surface area contributed by atoms with Crippen molar-refractivity contribution in [2.45, 2.75) is 33.2 Å². The number of urea groups is 1. The number of carbonyl (C=O) groups is 3. The normalized spacial score (nSPS) is 24.8. The van der Waals surface area contributed by atoms with Gasteiger partial charge < -0.3 is 10.4 Å². The lowest BCUT2D eigenvalue weighted by Crippen LogP contribution is -2.49. The third-order valence-corrected chi connectivity index (χ3v) is 3.52. The highest BCUT2D eigenvalue weighted by atomic mass is 16.4. The van der Waals surface area contributed by atoms with Crippen molar-refractivity contribution in [3.8, 4) is 0 Å². The van der Waals surface area contributed by atoms with Crippen LogP contribution < -0.4 is 10.6 Å². The Kier molecular flexibility index (Phi) is 4.88. The molecule has 1 aliphatic rings. The number of carboxylic acid groups (broad SMARTS) is 1. The molecule has 1 aliphatic heterocycles. The van der Waals surface area contributed by atoms with Crippen molar-refractivity contribution in [3.63, 3.8) is 0 Å². The number of rotatable bonds is 4. The first-order chi connectivity index (χ1) is 8.80. The van der Waals surface area contributed by atoms with Crippen molar-refractivity contribution in [1.82, 2.24) is 15.5 Å². The van der Waals surface area contributed by atoms with E-state index in [9.17, 15) is 14.4 Å². The smallest absolute Gasteiger partial charge is 0.321 e. The molecule has 1 heterocycles. The summed E-state index contributed by atoms with van der Waals surface area (Å²) in [7, 11) is 0. The minimum atomic E-state index is -0.855. The van der Waals surface area contributed by atoms with Crippen LogP contribution >= 0.6 is 0 Å². The average Bonchev–Trinajstić information content (AvgIpc) is 2.72. The topological polar surface area (TPSA) is 98.7 Å². The fourth-order valence-electron chi connectivity index (χ4n) is 2.09. The number of carboxylic acids is 1. The highest BCUT2D eigenvalue weighted by molar-refractivity contribution is 5.96. The first kappa shape index (κ1) is 15.4. The molecule has 0 bridgehead atoms. The molecular weight excluding hydrogens is 250 g/mol. The first-order valence-electron chi connectivity index (χ1n) is 6.36. The van der Waals surface area contributed by atoms with Crippen LogP contribution in [0, 0.1) is 5.41 Å². The highest BCUT2D eigenvalue weighted by Gasteiger charge is 2.42. The predicted molar refractivity (Wildman–Crippen MR) is 68.6 cm³/mol. The van der Waals surface area contributed by atoms with Gasteiger partial charge in [-0.1, -0.05) is 0 Å².